The number of halogens is 3. The second kappa shape index (κ2) is 8.75. The molecule has 1 aliphatic heterocycles. The molecule has 0 bridgehead atoms. The number of aromatic amines is 1. The van der Waals surface area contributed by atoms with Crippen LogP contribution in [-0.4, -0.2) is 41.4 Å². The number of aryl methyl sites for hydroxylation is 1. The first-order valence-corrected chi connectivity index (χ1v) is 11.3. The summed E-state index contributed by atoms with van der Waals surface area (Å²) in [5, 5.41) is 9.92. The smallest absolute Gasteiger partial charge is 0.417 e. The number of amides is 2. The predicted octanol–water partition coefficient (Wildman–Crippen LogP) is 4.71. The number of hydrogen-bond acceptors (Lipinski definition) is 4. The number of carbonyl (C=O) groups excluding carboxylic acids is 2. The van der Waals surface area contributed by atoms with Crippen LogP contribution in [0.4, 0.5) is 23.7 Å². The predicted molar refractivity (Wildman–Crippen MR) is 123 cm³/mol. The molecule has 0 radical (unpaired) electrons. The van der Waals surface area contributed by atoms with Gasteiger partial charge in [-0.25, -0.2) is 4.79 Å². The molecule has 0 spiro atoms. The molecule has 35 heavy (non-hydrogen) atoms. The molecule has 2 aromatic carbocycles. The number of alkyl halides is 3. The molecule has 0 unspecified atom stereocenters. The number of aromatic nitrogens is 2. The number of hydrogen-bond donors (Lipinski definition) is 2. The molecule has 2 heterocycles. The molecular weight excluding hydrogens is 461 g/mol. The van der Waals surface area contributed by atoms with E-state index in [0.717, 1.165) is 29.2 Å². The van der Waals surface area contributed by atoms with Gasteiger partial charge in [0.25, 0.3) is 0 Å². The number of nitrogens with one attached hydrogen (secondary N) is 2. The van der Waals surface area contributed by atoms with Gasteiger partial charge in [-0.3, -0.25) is 14.8 Å². The largest absolute Gasteiger partial charge is 0.442 e. The first-order chi connectivity index (χ1) is 16.7. The Labute approximate surface area is 199 Å². The van der Waals surface area contributed by atoms with Crippen LogP contribution in [0.3, 0.4) is 0 Å². The van der Waals surface area contributed by atoms with Gasteiger partial charge in [0.05, 0.1) is 30.0 Å². The van der Waals surface area contributed by atoms with Gasteiger partial charge in [-0.2, -0.15) is 18.3 Å². The number of anilines is 1. The first kappa shape index (κ1) is 22.9. The van der Waals surface area contributed by atoms with Crippen LogP contribution >= 0.6 is 0 Å². The molecule has 0 saturated carbocycles. The molecule has 182 valence electrons. The maximum absolute atomic E-state index is 13.6. The minimum absolute atomic E-state index is 0.0580. The van der Waals surface area contributed by atoms with Gasteiger partial charge in [0.15, 0.2) is 0 Å². The zero-order chi connectivity index (χ0) is 24.7. The molecule has 1 atom stereocenters. The molecule has 1 saturated heterocycles. The van der Waals surface area contributed by atoms with E-state index in [4.69, 9.17) is 4.74 Å². The van der Waals surface area contributed by atoms with Gasteiger partial charge in [-0.15, -0.1) is 0 Å². The maximum atomic E-state index is 13.6. The Bertz CT molecular complexity index is 1300. The van der Waals surface area contributed by atoms with Crippen molar-refractivity contribution in [1.29, 1.82) is 0 Å². The van der Waals surface area contributed by atoms with Crippen LogP contribution in [-0.2, 0) is 28.5 Å². The average molecular weight is 484 g/mol. The van der Waals surface area contributed by atoms with Crippen molar-refractivity contribution in [2.24, 2.45) is 0 Å². The van der Waals surface area contributed by atoms with E-state index in [1.54, 1.807) is 12.1 Å². The molecule has 1 aromatic heterocycles. The Morgan fingerprint density at radius 2 is 2.00 bits per heavy atom. The van der Waals surface area contributed by atoms with Gasteiger partial charge in [0.1, 0.15) is 6.10 Å². The van der Waals surface area contributed by atoms with Crippen LogP contribution < -0.4 is 10.2 Å². The van der Waals surface area contributed by atoms with E-state index in [1.165, 1.54) is 24.0 Å². The molecule has 5 rings (SSSR count). The van der Waals surface area contributed by atoms with Crippen molar-refractivity contribution in [3.05, 3.63) is 59.2 Å². The molecule has 7 nitrogen and oxygen atoms in total. The summed E-state index contributed by atoms with van der Waals surface area (Å²) in [5.74, 6) is -0.197. The standard InChI is InChI=1S/C25H23F3N4O3/c1-14(33)29-12-17-13-32(24(34)35-17)16-9-10-18-15(11-16)5-4-7-20-22(18)30-31-23(20)19-6-2-3-8-21(19)25(26,27)28/h2-3,6,8-11,17H,4-5,7,12-13H2,1H3,(H,29,33)(H,30,31)/t17-/m0/s1. The minimum atomic E-state index is -4.48. The number of nitrogens with zero attached hydrogens (tertiary/aromatic N) is 2. The fraction of sp³-hybridized carbons (Fsp3) is 0.320. The Balaban J connectivity index is 1.47. The Hall–Kier alpha value is -3.82. The van der Waals surface area contributed by atoms with Gasteiger partial charge < -0.3 is 10.1 Å². The van der Waals surface area contributed by atoms with E-state index in [1.807, 2.05) is 12.1 Å². The van der Waals surface area contributed by atoms with Crippen LogP contribution in [0, 0.1) is 0 Å². The normalized spacial score (nSPS) is 17.4. The van der Waals surface area contributed by atoms with Gasteiger partial charge >= 0.3 is 12.3 Å². The number of rotatable bonds is 4. The van der Waals surface area contributed by atoms with Crippen molar-refractivity contribution in [3.8, 4) is 22.5 Å². The SMILES string of the molecule is CC(=O)NC[C@H]1CN(c2ccc3c(c2)CCCc2c(-c4ccccc4C(F)(F)F)n[nH]c2-3)C(=O)O1. The highest BCUT2D eigenvalue weighted by Crippen LogP contribution is 2.42. The third-order valence-corrected chi connectivity index (χ3v) is 6.35. The lowest BCUT2D eigenvalue weighted by molar-refractivity contribution is -0.137. The summed E-state index contributed by atoms with van der Waals surface area (Å²) in [4.78, 5) is 25.1. The van der Waals surface area contributed by atoms with Crippen molar-refractivity contribution < 1.29 is 27.5 Å². The molecule has 1 aliphatic carbocycles. The summed E-state index contributed by atoms with van der Waals surface area (Å²) in [6.07, 6.45) is -3.42. The fourth-order valence-electron chi connectivity index (χ4n) is 4.74. The fourth-order valence-corrected chi connectivity index (χ4v) is 4.74. The van der Waals surface area contributed by atoms with Gasteiger partial charge in [0, 0.05) is 29.3 Å². The maximum Gasteiger partial charge on any atom is 0.417 e. The number of H-pyrrole nitrogens is 1. The lowest BCUT2D eigenvalue weighted by Gasteiger charge is -2.16. The van der Waals surface area contributed by atoms with Crippen molar-refractivity contribution in [2.45, 2.75) is 38.5 Å². The summed E-state index contributed by atoms with van der Waals surface area (Å²) in [6.45, 7) is 1.95. The van der Waals surface area contributed by atoms with Crippen LogP contribution in [0.15, 0.2) is 42.5 Å². The summed E-state index contributed by atoms with van der Waals surface area (Å²) < 4.78 is 46.2. The highest BCUT2D eigenvalue weighted by molar-refractivity contribution is 5.91. The van der Waals surface area contributed by atoms with E-state index in [-0.39, 0.29) is 18.0 Å². The molecule has 10 heteroatoms. The molecule has 1 fully saturated rings. The lowest BCUT2D eigenvalue weighted by Crippen LogP contribution is -2.33. The number of ether oxygens (including phenoxy) is 1. The van der Waals surface area contributed by atoms with Gasteiger partial charge in [-0.1, -0.05) is 24.3 Å². The Morgan fingerprint density at radius 3 is 2.77 bits per heavy atom. The van der Waals surface area contributed by atoms with Crippen molar-refractivity contribution in [1.82, 2.24) is 15.5 Å². The molecule has 2 amide bonds. The van der Waals surface area contributed by atoms with E-state index in [9.17, 15) is 22.8 Å². The second-order valence-corrected chi connectivity index (χ2v) is 8.72. The van der Waals surface area contributed by atoms with Crippen LogP contribution in [0.2, 0.25) is 0 Å². The quantitative estimate of drug-likeness (QED) is 0.562. The first-order valence-electron chi connectivity index (χ1n) is 11.3. The zero-order valence-corrected chi connectivity index (χ0v) is 18.9. The average Bonchev–Trinajstić information content (AvgIpc) is 3.35. The number of carbonyl (C=O) groups is 2. The highest BCUT2D eigenvalue weighted by atomic mass is 19.4. The van der Waals surface area contributed by atoms with Crippen molar-refractivity contribution in [2.75, 3.05) is 18.0 Å². The Morgan fingerprint density at radius 1 is 1.20 bits per heavy atom. The van der Waals surface area contributed by atoms with Gasteiger partial charge in [-0.05, 0) is 43.0 Å². The van der Waals surface area contributed by atoms with Crippen LogP contribution in [0.25, 0.3) is 22.5 Å². The molecule has 2 N–H and O–H groups in total. The number of benzene rings is 2. The molecule has 3 aromatic rings. The molecule has 2 aliphatic rings. The van der Waals surface area contributed by atoms with E-state index in [0.29, 0.717) is 36.5 Å². The van der Waals surface area contributed by atoms with Crippen LogP contribution in [0.1, 0.15) is 30.0 Å². The summed E-state index contributed by atoms with van der Waals surface area (Å²) in [5.41, 5.74) is 3.61. The monoisotopic (exact) mass is 484 g/mol. The Kier molecular flexibility index (Phi) is 5.74. The third-order valence-electron chi connectivity index (χ3n) is 6.35. The van der Waals surface area contributed by atoms with Crippen molar-refractivity contribution in [3.63, 3.8) is 0 Å². The minimum Gasteiger partial charge on any atom is -0.442 e. The highest BCUT2D eigenvalue weighted by Gasteiger charge is 2.36. The summed E-state index contributed by atoms with van der Waals surface area (Å²) in [6, 6.07) is 11.0. The summed E-state index contributed by atoms with van der Waals surface area (Å²) in [7, 11) is 0. The van der Waals surface area contributed by atoms with Crippen molar-refractivity contribution >= 4 is 17.7 Å². The lowest BCUT2D eigenvalue weighted by atomic mass is 9.96. The van der Waals surface area contributed by atoms with Gasteiger partial charge in [0.2, 0.25) is 5.91 Å². The third kappa shape index (κ3) is 4.36. The van der Waals surface area contributed by atoms with E-state index in [2.05, 4.69) is 15.5 Å². The number of cyclic esters (lactones) is 1. The zero-order valence-electron chi connectivity index (χ0n) is 18.9. The molecular formula is C25H23F3N4O3. The second-order valence-electron chi connectivity index (χ2n) is 8.72. The number of fused-ring (bicyclic) bond motifs is 3. The summed E-state index contributed by atoms with van der Waals surface area (Å²) >= 11 is 0. The van der Waals surface area contributed by atoms with E-state index < -0.39 is 23.9 Å². The van der Waals surface area contributed by atoms with E-state index >= 15 is 0 Å². The topological polar surface area (TPSA) is 87.3 Å². The van der Waals surface area contributed by atoms with Crippen LogP contribution in [0.5, 0.6) is 0 Å².